The van der Waals surface area contributed by atoms with E-state index in [0.29, 0.717) is 19.6 Å². The molecule has 17 nitrogen and oxygen atoms in total. The molecule has 0 saturated carbocycles. The molecular formula is C52H68N4O13. The van der Waals surface area contributed by atoms with Gasteiger partial charge in [-0.3, -0.25) is 24.3 Å². The standard InChI is InChI=1S/C52H68N4O13/c1-26-15-13-16-27(2)51(64)54-42-37(22-53-56-28(3)23-55(24-29(56)4)25-35-17-14-18-36(21-35)65-11)46(61)39-40(47(42)62)45(60)33(8)49-41(39)50(63)52(10,69-49)67-20-19-38(66-12)30(5)48(68-34(9)57)32(7)44(59)31(6)43(26)58/h13-22,26,28-32,38,43-44,48,58-62H,23-25H2,1-12H3,(H,54,64)/b15-13?,20-19?,27-16?,53-22+. The Hall–Kier alpha value is -6.14. The predicted molar refractivity (Wildman–Crippen MR) is 260 cm³/mol. The van der Waals surface area contributed by atoms with Crippen LogP contribution >= 0.6 is 0 Å². The quantitative estimate of drug-likeness (QED) is 0.0627. The van der Waals surface area contributed by atoms with Crippen LogP contribution in [0.15, 0.2) is 65.5 Å². The Morgan fingerprint density at radius 1 is 0.928 bits per heavy atom. The summed E-state index contributed by atoms with van der Waals surface area (Å²) in [6, 6.07) is 7.59. The fourth-order valence-electron chi connectivity index (χ4n) is 9.81. The summed E-state index contributed by atoms with van der Waals surface area (Å²) in [6.07, 6.45) is 4.84. The zero-order valence-corrected chi connectivity index (χ0v) is 41.5. The van der Waals surface area contributed by atoms with Crippen LogP contribution < -0.4 is 14.8 Å². The molecule has 1 saturated heterocycles. The molecule has 69 heavy (non-hydrogen) atoms. The number of esters is 1. The normalized spacial score (nSPS) is 29.5. The molecule has 7 rings (SSSR count). The highest BCUT2D eigenvalue weighted by atomic mass is 16.7. The molecule has 374 valence electrons. The van der Waals surface area contributed by atoms with Gasteiger partial charge in [0, 0.05) is 80.8 Å². The lowest BCUT2D eigenvalue weighted by Gasteiger charge is -2.42. The third kappa shape index (κ3) is 10.6. The minimum atomic E-state index is -2.07. The van der Waals surface area contributed by atoms with Gasteiger partial charge in [0.25, 0.3) is 11.7 Å². The van der Waals surface area contributed by atoms with E-state index in [0.717, 1.165) is 11.3 Å². The van der Waals surface area contributed by atoms with Gasteiger partial charge in [0.2, 0.25) is 0 Å². The third-order valence-electron chi connectivity index (χ3n) is 13.8. The van der Waals surface area contributed by atoms with E-state index in [9.17, 15) is 39.9 Å². The molecule has 3 aromatic carbocycles. The monoisotopic (exact) mass is 956 g/mol. The van der Waals surface area contributed by atoms with E-state index >= 15 is 0 Å². The summed E-state index contributed by atoms with van der Waals surface area (Å²) < 4.78 is 29.2. The maximum absolute atomic E-state index is 14.7. The first-order valence-corrected chi connectivity index (χ1v) is 23.3. The van der Waals surface area contributed by atoms with Gasteiger partial charge < -0.3 is 54.5 Å². The second kappa shape index (κ2) is 21.2. The van der Waals surface area contributed by atoms with Gasteiger partial charge in [-0.25, -0.2) is 0 Å². The SMILES string of the molecule is COc1cccc(CN2CC(C)N(/N=C/c3c4c(O)c5c(O)c(C)c6c(c5c3O)C(=O)C(C)(OC=CC(OC)C(C)C(OC(C)=O)C(C)C(O)C(C)C(O)C(C)C=CC=C(C)C(=O)N4)O6)C(C)C2)c1. The number of ether oxygens (including phenoxy) is 5. The molecule has 4 aliphatic heterocycles. The number of phenols is 3. The zero-order valence-electron chi connectivity index (χ0n) is 41.5. The average molecular weight is 957 g/mol. The largest absolute Gasteiger partial charge is 0.507 e. The number of carbonyl (C=O) groups excluding carboxylic acids is 3. The number of benzene rings is 3. The van der Waals surface area contributed by atoms with Gasteiger partial charge in [0.05, 0.1) is 72.2 Å². The number of aliphatic hydroxyl groups excluding tert-OH is 2. The van der Waals surface area contributed by atoms with Crippen molar-refractivity contribution in [3.63, 3.8) is 0 Å². The van der Waals surface area contributed by atoms with Crippen LogP contribution in [0.2, 0.25) is 0 Å². The van der Waals surface area contributed by atoms with Crippen molar-refractivity contribution >= 4 is 40.3 Å². The van der Waals surface area contributed by atoms with Gasteiger partial charge in [-0.05, 0) is 51.5 Å². The van der Waals surface area contributed by atoms with E-state index in [1.54, 1.807) is 47.0 Å². The Morgan fingerprint density at radius 2 is 1.61 bits per heavy atom. The van der Waals surface area contributed by atoms with Crippen LogP contribution in [0.4, 0.5) is 5.69 Å². The van der Waals surface area contributed by atoms with Crippen LogP contribution in [-0.4, -0.2) is 129 Å². The van der Waals surface area contributed by atoms with Crippen LogP contribution in [-0.2, 0) is 30.3 Å². The molecule has 1 fully saturated rings. The number of fused-ring (bicyclic) bond motifs is 14. The van der Waals surface area contributed by atoms with E-state index in [4.69, 9.17) is 28.8 Å². The Kier molecular flexibility index (Phi) is 16.1. The van der Waals surface area contributed by atoms with E-state index < -0.39 is 88.8 Å². The first-order valence-electron chi connectivity index (χ1n) is 23.3. The number of aliphatic hydroxyl groups is 2. The Morgan fingerprint density at radius 3 is 2.25 bits per heavy atom. The lowest BCUT2D eigenvalue weighted by molar-refractivity contribution is -0.160. The Balaban J connectivity index is 1.47. The Labute approximate surface area is 403 Å². The molecule has 0 aromatic heterocycles. The fraction of sp³-hybridized carbons (Fsp3) is 0.500. The number of nitrogens with one attached hydrogen (secondary N) is 1. The lowest BCUT2D eigenvalue weighted by Crippen LogP contribution is -2.54. The van der Waals surface area contributed by atoms with Crippen LogP contribution in [0.5, 0.6) is 28.7 Å². The van der Waals surface area contributed by atoms with Gasteiger partial charge in [-0.1, -0.05) is 58.1 Å². The fourth-order valence-corrected chi connectivity index (χ4v) is 9.81. The van der Waals surface area contributed by atoms with E-state index in [2.05, 4.69) is 10.2 Å². The number of phenolic OH excluding ortho intramolecular Hbond substituents is 3. The Bertz CT molecular complexity index is 2540. The third-order valence-corrected chi connectivity index (χ3v) is 13.8. The number of Topliss-reactive ketones (excluding diaryl/α,β-unsaturated/α-hetero) is 1. The lowest BCUT2D eigenvalue weighted by atomic mass is 9.78. The van der Waals surface area contributed by atoms with Crippen LogP contribution in [0.3, 0.4) is 0 Å². The molecule has 5 bridgehead atoms. The molecule has 0 radical (unpaired) electrons. The highest BCUT2D eigenvalue weighted by Crippen LogP contribution is 2.55. The molecule has 4 heterocycles. The molecule has 1 amide bonds. The van der Waals surface area contributed by atoms with Gasteiger partial charge >= 0.3 is 11.8 Å². The smallest absolute Gasteiger partial charge is 0.312 e. The molecule has 0 spiro atoms. The summed E-state index contributed by atoms with van der Waals surface area (Å²) in [5.41, 5.74) is 0.652. The average Bonchev–Trinajstić information content (AvgIpc) is 3.57. The van der Waals surface area contributed by atoms with Crippen molar-refractivity contribution in [3.05, 3.63) is 82.7 Å². The number of allylic oxidation sites excluding steroid dienone is 2. The molecule has 4 aliphatic rings. The number of rotatable bonds is 7. The molecule has 3 aromatic rings. The van der Waals surface area contributed by atoms with E-state index in [1.165, 1.54) is 59.4 Å². The first-order chi connectivity index (χ1) is 32.5. The molecule has 17 heteroatoms. The molecule has 11 atom stereocenters. The van der Waals surface area contributed by atoms with Crippen LogP contribution in [0.1, 0.15) is 89.4 Å². The number of anilines is 1. The van der Waals surface area contributed by atoms with Crippen molar-refractivity contribution in [2.75, 3.05) is 32.6 Å². The number of ketones is 1. The van der Waals surface area contributed by atoms with Crippen molar-refractivity contribution in [3.8, 4) is 28.7 Å². The minimum absolute atomic E-state index is 0.0439. The summed E-state index contributed by atoms with van der Waals surface area (Å²) in [7, 11) is 3.07. The van der Waals surface area contributed by atoms with E-state index in [1.807, 2.05) is 43.1 Å². The molecule has 0 aliphatic carbocycles. The summed E-state index contributed by atoms with van der Waals surface area (Å²) in [5.74, 6) is -7.77. The second-order valence-electron chi connectivity index (χ2n) is 19.0. The van der Waals surface area contributed by atoms with Crippen LogP contribution in [0, 0.1) is 30.6 Å². The van der Waals surface area contributed by atoms with Crippen molar-refractivity contribution in [1.82, 2.24) is 9.91 Å². The summed E-state index contributed by atoms with van der Waals surface area (Å²) >= 11 is 0. The van der Waals surface area contributed by atoms with Crippen molar-refractivity contribution in [1.29, 1.82) is 0 Å². The number of methoxy groups -OCH3 is 2. The number of hydrazone groups is 1. The van der Waals surface area contributed by atoms with Gasteiger partial charge in [-0.15, -0.1) is 0 Å². The molecule has 6 N–H and O–H groups in total. The highest BCUT2D eigenvalue weighted by molar-refractivity contribution is 6.23. The van der Waals surface area contributed by atoms with Gasteiger partial charge in [-0.2, -0.15) is 5.10 Å². The van der Waals surface area contributed by atoms with Crippen molar-refractivity contribution in [2.24, 2.45) is 28.8 Å². The maximum Gasteiger partial charge on any atom is 0.312 e. The summed E-state index contributed by atoms with van der Waals surface area (Å²) in [5, 5.41) is 68.2. The highest BCUT2D eigenvalue weighted by Gasteiger charge is 2.50. The molecular weight excluding hydrogens is 889 g/mol. The number of hydrogen-bond donors (Lipinski definition) is 6. The summed E-state index contributed by atoms with van der Waals surface area (Å²) in [6.45, 7) is 18.5. The number of nitrogens with zero attached hydrogens (tertiary/aromatic N) is 3. The number of carbonyl (C=O) groups is 3. The maximum atomic E-state index is 14.7. The zero-order chi connectivity index (χ0) is 50.8. The summed E-state index contributed by atoms with van der Waals surface area (Å²) in [4.78, 5) is 43.4. The topological polar surface area (TPSA) is 229 Å². The van der Waals surface area contributed by atoms with Crippen LogP contribution in [0.25, 0.3) is 10.8 Å². The minimum Gasteiger partial charge on any atom is -0.507 e. The number of piperazine rings is 1. The number of hydrogen-bond acceptors (Lipinski definition) is 16. The predicted octanol–water partition coefficient (Wildman–Crippen LogP) is 6.69. The number of amides is 1. The van der Waals surface area contributed by atoms with Crippen molar-refractivity contribution < 1.29 is 63.6 Å². The second-order valence-corrected chi connectivity index (χ2v) is 19.0. The number of aromatic hydroxyl groups is 3. The van der Waals surface area contributed by atoms with Crippen molar-refractivity contribution in [2.45, 2.75) is 118 Å². The van der Waals surface area contributed by atoms with E-state index in [-0.39, 0.29) is 56.6 Å². The molecule has 11 unspecified atom stereocenters. The van der Waals surface area contributed by atoms with Gasteiger partial charge in [0.1, 0.15) is 29.1 Å². The first kappa shape index (κ1) is 52.2. The van der Waals surface area contributed by atoms with Gasteiger partial charge in [0.15, 0.2) is 5.75 Å².